The maximum Gasteiger partial charge on any atom is 0.279 e. The summed E-state index contributed by atoms with van der Waals surface area (Å²) < 4.78 is 7.21. The number of methoxy groups -OCH3 is 1. The molecule has 6 nitrogen and oxygen atoms in total. The van der Waals surface area contributed by atoms with Crippen molar-refractivity contribution in [2.45, 2.75) is 20.4 Å². The van der Waals surface area contributed by atoms with Gasteiger partial charge >= 0.3 is 0 Å². The van der Waals surface area contributed by atoms with E-state index < -0.39 is 0 Å². The highest BCUT2D eigenvalue weighted by molar-refractivity contribution is 6.30. The van der Waals surface area contributed by atoms with Crippen molar-refractivity contribution in [3.05, 3.63) is 52.3 Å². The third-order valence-electron chi connectivity index (χ3n) is 4.45. The number of nitrogens with zero attached hydrogens (tertiary/aromatic N) is 1. The van der Waals surface area contributed by atoms with Crippen LogP contribution in [0.2, 0.25) is 5.02 Å². The second-order valence-electron chi connectivity index (χ2n) is 6.72. The summed E-state index contributed by atoms with van der Waals surface area (Å²) in [5.41, 5.74) is 3.37. The molecule has 0 radical (unpaired) electrons. The van der Waals surface area contributed by atoms with Crippen LogP contribution in [0.15, 0.2) is 30.3 Å². The number of amides is 1. The molecule has 0 fully saturated rings. The minimum Gasteiger partial charge on any atom is -0.383 e. The number of benzene rings is 1. The highest BCUT2D eigenvalue weighted by atomic mass is 35.5. The maximum absolute atomic E-state index is 12.7. The van der Waals surface area contributed by atoms with Crippen LogP contribution in [0.4, 0.5) is 5.69 Å². The first kappa shape index (κ1) is 21.2. The number of hydrogen-bond acceptors (Lipinski definition) is 3. The average Bonchev–Trinajstić information content (AvgIpc) is 2.89. The largest absolute Gasteiger partial charge is 0.383 e. The zero-order valence-electron chi connectivity index (χ0n) is 16.3. The molecule has 0 aliphatic heterocycles. The van der Waals surface area contributed by atoms with E-state index >= 15 is 0 Å². The van der Waals surface area contributed by atoms with Crippen molar-refractivity contribution in [2.24, 2.45) is 0 Å². The lowest BCUT2D eigenvalue weighted by molar-refractivity contribution is -0.861. The molecule has 0 aliphatic carbocycles. The number of carbonyl (C=O) groups excluding carboxylic acids is 2. The molecule has 0 bridgehead atoms. The first-order valence-electron chi connectivity index (χ1n) is 8.87. The molecule has 1 heterocycles. The van der Waals surface area contributed by atoms with E-state index in [1.165, 1.54) is 0 Å². The summed E-state index contributed by atoms with van der Waals surface area (Å²) in [4.78, 5) is 25.7. The second-order valence-corrected chi connectivity index (χ2v) is 7.15. The van der Waals surface area contributed by atoms with Gasteiger partial charge in [0.25, 0.3) is 5.91 Å². The predicted octanol–water partition coefficient (Wildman–Crippen LogP) is 1.74. The number of nitrogens with one attached hydrogen (secondary N) is 2. The zero-order valence-corrected chi connectivity index (χ0v) is 17.0. The normalized spacial score (nSPS) is 12.0. The van der Waals surface area contributed by atoms with Crippen LogP contribution in [0.1, 0.15) is 21.7 Å². The summed E-state index contributed by atoms with van der Waals surface area (Å²) in [5.74, 6) is -0.114. The van der Waals surface area contributed by atoms with Gasteiger partial charge in [-0.15, -0.1) is 0 Å². The van der Waals surface area contributed by atoms with Crippen LogP contribution in [0.3, 0.4) is 0 Å². The van der Waals surface area contributed by atoms with Gasteiger partial charge in [0, 0.05) is 41.3 Å². The molecule has 1 aromatic carbocycles. The van der Waals surface area contributed by atoms with Crippen LogP contribution in [0, 0.1) is 13.8 Å². The number of anilines is 1. The number of likely N-dealkylation sites (N-methyl/N-ethyl adjacent to an activating group) is 1. The Balaban J connectivity index is 1.93. The van der Waals surface area contributed by atoms with Crippen LogP contribution >= 0.6 is 11.6 Å². The van der Waals surface area contributed by atoms with E-state index in [1.54, 1.807) is 31.4 Å². The Kier molecular flexibility index (Phi) is 7.59. The highest BCUT2D eigenvalue weighted by Gasteiger charge is 2.20. The van der Waals surface area contributed by atoms with Gasteiger partial charge in [-0.2, -0.15) is 0 Å². The van der Waals surface area contributed by atoms with Crippen molar-refractivity contribution < 1.29 is 19.2 Å². The summed E-state index contributed by atoms with van der Waals surface area (Å²) >= 11 is 5.84. The molecule has 1 amide bonds. The summed E-state index contributed by atoms with van der Waals surface area (Å²) in [5, 5.41) is 3.43. The van der Waals surface area contributed by atoms with Crippen molar-refractivity contribution in [2.75, 3.05) is 39.2 Å². The minimum atomic E-state index is -0.145. The average molecular weight is 393 g/mol. The third kappa shape index (κ3) is 5.92. The molecule has 2 aromatic rings. The number of halogens is 1. The van der Waals surface area contributed by atoms with Gasteiger partial charge in [-0.25, -0.2) is 0 Å². The lowest BCUT2D eigenvalue weighted by atomic mass is 10.1. The molecule has 2 N–H and O–H groups in total. The smallest absolute Gasteiger partial charge is 0.279 e. The number of ketones is 1. The maximum atomic E-state index is 12.7. The van der Waals surface area contributed by atoms with Crippen LogP contribution in [-0.4, -0.2) is 50.1 Å². The first-order chi connectivity index (χ1) is 12.8. The summed E-state index contributed by atoms with van der Waals surface area (Å²) in [6.07, 6.45) is 0. The standard InChI is InChI=1S/C20H26ClN3O3/c1-14-11-18(15(2)24(14)9-10-27-4)19(25)12-23(3)13-20(26)22-17-7-5-16(21)6-8-17/h5-8,11H,9-10,12-13H2,1-4H3,(H,22,26)/p+1. The van der Waals surface area contributed by atoms with Crippen molar-refractivity contribution in [3.63, 3.8) is 0 Å². The van der Waals surface area contributed by atoms with Crippen molar-refractivity contribution in [1.82, 2.24) is 4.57 Å². The Labute approximate surface area is 165 Å². The first-order valence-corrected chi connectivity index (χ1v) is 9.25. The predicted molar refractivity (Wildman–Crippen MR) is 107 cm³/mol. The third-order valence-corrected chi connectivity index (χ3v) is 4.70. The fourth-order valence-electron chi connectivity index (χ4n) is 3.05. The number of aromatic nitrogens is 1. The molecule has 0 aliphatic rings. The Morgan fingerprint density at radius 2 is 1.85 bits per heavy atom. The van der Waals surface area contributed by atoms with Gasteiger partial charge in [0.1, 0.15) is 6.54 Å². The van der Waals surface area contributed by atoms with E-state index in [0.29, 0.717) is 29.4 Å². The molecule has 146 valence electrons. The number of quaternary nitrogens is 1. The molecular weight excluding hydrogens is 366 g/mol. The van der Waals surface area contributed by atoms with E-state index in [9.17, 15) is 9.59 Å². The topological polar surface area (TPSA) is 64.8 Å². The number of rotatable bonds is 9. The zero-order chi connectivity index (χ0) is 20.0. The molecule has 2 rings (SSSR count). The van der Waals surface area contributed by atoms with Crippen molar-refractivity contribution in [3.8, 4) is 0 Å². The van der Waals surface area contributed by atoms with Crippen LogP contribution in [-0.2, 0) is 16.1 Å². The van der Waals surface area contributed by atoms with Gasteiger partial charge in [-0.1, -0.05) is 11.6 Å². The fraction of sp³-hybridized carbons (Fsp3) is 0.400. The quantitative estimate of drug-likeness (QED) is 0.639. The Morgan fingerprint density at radius 3 is 2.48 bits per heavy atom. The molecular formula is C20H27ClN3O3+. The van der Waals surface area contributed by atoms with Gasteiger partial charge in [0.05, 0.1) is 13.7 Å². The lowest BCUT2D eigenvalue weighted by Gasteiger charge is -2.13. The molecule has 1 unspecified atom stereocenters. The van der Waals surface area contributed by atoms with Gasteiger partial charge in [0.15, 0.2) is 6.54 Å². The van der Waals surface area contributed by atoms with Crippen LogP contribution in [0.5, 0.6) is 0 Å². The van der Waals surface area contributed by atoms with Gasteiger partial charge in [0.2, 0.25) is 5.78 Å². The van der Waals surface area contributed by atoms with Crippen molar-refractivity contribution in [1.29, 1.82) is 0 Å². The molecule has 27 heavy (non-hydrogen) atoms. The lowest BCUT2D eigenvalue weighted by Crippen LogP contribution is -3.11. The summed E-state index contributed by atoms with van der Waals surface area (Å²) in [6, 6.07) is 8.84. The molecule has 1 atom stereocenters. The van der Waals surface area contributed by atoms with Crippen LogP contribution in [0.25, 0.3) is 0 Å². The van der Waals surface area contributed by atoms with Crippen LogP contribution < -0.4 is 10.2 Å². The molecule has 0 spiro atoms. The fourth-order valence-corrected chi connectivity index (χ4v) is 3.18. The number of ether oxygens (including phenoxy) is 1. The molecule has 0 saturated heterocycles. The van der Waals surface area contributed by atoms with Gasteiger partial charge in [-0.05, 0) is 44.2 Å². The molecule has 0 saturated carbocycles. The SMILES string of the molecule is COCCn1c(C)cc(C(=O)C[NH+](C)CC(=O)Nc2ccc(Cl)cc2)c1C. The van der Waals surface area contributed by atoms with E-state index in [2.05, 4.69) is 9.88 Å². The van der Waals surface area contributed by atoms with E-state index in [-0.39, 0.29) is 24.8 Å². The molecule has 1 aromatic heterocycles. The Morgan fingerprint density at radius 1 is 1.19 bits per heavy atom. The van der Waals surface area contributed by atoms with E-state index in [1.807, 2.05) is 27.0 Å². The Bertz CT molecular complexity index is 800. The second kappa shape index (κ2) is 9.69. The Hall–Kier alpha value is -2.15. The number of aryl methyl sites for hydroxylation is 1. The van der Waals surface area contributed by atoms with Gasteiger partial charge in [-0.3, -0.25) is 9.59 Å². The summed E-state index contributed by atoms with van der Waals surface area (Å²) in [6.45, 7) is 5.70. The monoisotopic (exact) mass is 392 g/mol. The van der Waals surface area contributed by atoms with E-state index in [0.717, 1.165) is 16.3 Å². The molecule has 7 heteroatoms. The van der Waals surface area contributed by atoms with Gasteiger partial charge < -0.3 is 19.5 Å². The number of carbonyl (C=O) groups is 2. The highest BCUT2D eigenvalue weighted by Crippen LogP contribution is 2.15. The minimum absolute atomic E-state index is 0.0311. The number of Topliss-reactive ketones (excluding diaryl/α,β-unsaturated/α-hetero) is 1. The van der Waals surface area contributed by atoms with E-state index in [4.69, 9.17) is 16.3 Å². The summed E-state index contributed by atoms with van der Waals surface area (Å²) in [7, 11) is 3.50. The van der Waals surface area contributed by atoms with Crippen molar-refractivity contribution >= 4 is 29.0 Å². The number of hydrogen-bond donors (Lipinski definition) is 2.